The fourth-order valence-corrected chi connectivity index (χ4v) is 1.80. The summed E-state index contributed by atoms with van der Waals surface area (Å²) in [6.45, 7) is 2.95. The topological polar surface area (TPSA) is 47.1 Å². The zero-order valence-electron chi connectivity index (χ0n) is 7.98. The largest absolute Gasteiger partial charge is 0.355 e. The molecule has 2 heterocycles. The Morgan fingerprint density at radius 3 is 3.08 bits per heavy atom. The fraction of sp³-hybridized carbons (Fsp3) is 0.667. The van der Waals surface area contributed by atoms with E-state index in [0.29, 0.717) is 5.92 Å². The summed E-state index contributed by atoms with van der Waals surface area (Å²) in [4.78, 5) is 2.30. The van der Waals surface area contributed by atoms with Crippen LogP contribution >= 0.6 is 0 Å². The van der Waals surface area contributed by atoms with Gasteiger partial charge in [0, 0.05) is 32.4 Å². The molecule has 2 N–H and O–H groups in total. The quantitative estimate of drug-likeness (QED) is 0.707. The van der Waals surface area contributed by atoms with E-state index in [9.17, 15) is 0 Å². The number of aryl methyl sites for hydroxylation is 1. The minimum Gasteiger partial charge on any atom is -0.355 e. The monoisotopic (exact) mass is 180 g/mol. The van der Waals surface area contributed by atoms with E-state index in [1.165, 1.54) is 6.42 Å². The number of hydrogen-bond acceptors (Lipinski definition) is 3. The highest BCUT2D eigenvalue weighted by molar-refractivity contribution is 5.38. The van der Waals surface area contributed by atoms with Crippen LogP contribution in [0.15, 0.2) is 12.3 Å². The van der Waals surface area contributed by atoms with Crippen LogP contribution in [0.4, 0.5) is 5.82 Å². The van der Waals surface area contributed by atoms with Crippen molar-refractivity contribution in [3.63, 3.8) is 0 Å². The highest BCUT2D eigenvalue weighted by Crippen LogP contribution is 2.20. The average molecular weight is 180 g/mol. The molecule has 0 saturated carbocycles. The molecule has 4 heteroatoms. The van der Waals surface area contributed by atoms with Crippen molar-refractivity contribution in [2.75, 3.05) is 24.5 Å². The van der Waals surface area contributed by atoms with Crippen molar-refractivity contribution in [3.8, 4) is 0 Å². The molecule has 4 nitrogen and oxygen atoms in total. The van der Waals surface area contributed by atoms with E-state index >= 15 is 0 Å². The van der Waals surface area contributed by atoms with Crippen LogP contribution in [0, 0.1) is 5.92 Å². The molecule has 1 aliphatic rings. The third kappa shape index (κ3) is 1.67. The lowest BCUT2D eigenvalue weighted by Gasteiger charge is -2.14. The Balaban J connectivity index is 2.03. The summed E-state index contributed by atoms with van der Waals surface area (Å²) < 4.78 is 1.84. The second-order valence-electron chi connectivity index (χ2n) is 3.68. The summed E-state index contributed by atoms with van der Waals surface area (Å²) in [5, 5.41) is 4.36. The molecule has 13 heavy (non-hydrogen) atoms. The smallest absolute Gasteiger partial charge is 0.150 e. The number of nitrogens with zero attached hydrogens (tertiary/aromatic N) is 3. The maximum atomic E-state index is 5.63. The Labute approximate surface area is 78.3 Å². The lowest BCUT2D eigenvalue weighted by molar-refractivity contribution is 0.602. The van der Waals surface area contributed by atoms with E-state index < -0.39 is 0 Å². The van der Waals surface area contributed by atoms with E-state index in [1.807, 2.05) is 17.9 Å². The molecule has 0 amide bonds. The molecule has 1 fully saturated rings. The van der Waals surface area contributed by atoms with Gasteiger partial charge in [0.2, 0.25) is 0 Å². The molecule has 72 valence electrons. The standard InChI is InChI=1S/C9H16N4/c1-12-4-3-9(11-12)13-5-2-8(6-10)7-13/h3-4,8H,2,5-7,10H2,1H3. The molecule has 0 bridgehead atoms. The summed E-state index contributed by atoms with van der Waals surface area (Å²) in [5.41, 5.74) is 5.63. The van der Waals surface area contributed by atoms with E-state index in [4.69, 9.17) is 5.73 Å². The predicted molar refractivity (Wildman–Crippen MR) is 52.6 cm³/mol. The Bertz CT molecular complexity index is 281. The van der Waals surface area contributed by atoms with Crippen LogP contribution in [0.25, 0.3) is 0 Å². The van der Waals surface area contributed by atoms with Gasteiger partial charge >= 0.3 is 0 Å². The molecule has 0 aromatic carbocycles. The van der Waals surface area contributed by atoms with Gasteiger partial charge in [0.1, 0.15) is 0 Å². The third-order valence-electron chi connectivity index (χ3n) is 2.64. The Morgan fingerprint density at radius 1 is 1.69 bits per heavy atom. The zero-order valence-corrected chi connectivity index (χ0v) is 7.98. The lowest BCUT2D eigenvalue weighted by atomic mass is 10.1. The molecule has 0 spiro atoms. The first kappa shape index (κ1) is 8.56. The van der Waals surface area contributed by atoms with E-state index in [2.05, 4.69) is 16.1 Å². The van der Waals surface area contributed by atoms with Crippen LogP contribution in [0.3, 0.4) is 0 Å². The van der Waals surface area contributed by atoms with Gasteiger partial charge in [-0.25, -0.2) is 0 Å². The summed E-state index contributed by atoms with van der Waals surface area (Å²) in [6, 6.07) is 2.05. The van der Waals surface area contributed by atoms with Gasteiger partial charge in [-0.15, -0.1) is 0 Å². The summed E-state index contributed by atoms with van der Waals surface area (Å²) in [6.07, 6.45) is 3.18. The van der Waals surface area contributed by atoms with Crippen LogP contribution in [-0.2, 0) is 7.05 Å². The van der Waals surface area contributed by atoms with Crippen molar-refractivity contribution in [1.29, 1.82) is 0 Å². The molecule has 0 aliphatic carbocycles. The molecule has 1 unspecified atom stereocenters. The first-order valence-electron chi connectivity index (χ1n) is 4.74. The van der Waals surface area contributed by atoms with Gasteiger partial charge in [-0.1, -0.05) is 0 Å². The highest BCUT2D eigenvalue weighted by atomic mass is 15.3. The van der Waals surface area contributed by atoms with Crippen LogP contribution in [0.2, 0.25) is 0 Å². The SMILES string of the molecule is Cn1ccc(N2CCC(CN)C2)n1. The summed E-state index contributed by atoms with van der Waals surface area (Å²) in [5.74, 6) is 1.74. The van der Waals surface area contributed by atoms with E-state index in [-0.39, 0.29) is 0 Å². The molecule has 1 aromatic heterocycles. The van der Waals surface area contributed by atoms with Crippen LogP contribution < -0.4 is 10.6 Å². The van der Waals surface area contributed by atoms with Crippen molar-refractivity contribution in [2.24, 2.45) is 18.7 Å². The van der Waals surface area contributed by atoms with Crippen molar-refractivity contribution in [2.45, 2.75) is 6.42 Å². The number of aromatic nitrogens is 2. The molecular formula is C9H16N4. The van der Waals surface area contributed by atoms with Crippen molar-refractivity contribution < 1.29 is 0 Å². The van der Waals surface area contributed by atoms with Gasteiger partial charge in [0.15, 0.2) is 5.82 Å². The lowest BCUT2D eigenvalue weighted by Crippen LogP contribution is -2.23. The second-order valence-corrected chi connectivity index (χ2v) is 3.68. The fourth-order valence-electron chi connectivity index (χ4n) is 1.80. The molecule has 0 radical (unpaired) electrons. The van der Waals surface area contributed by atoms with Crippen molar-refractivity contribution in [3.05, 3.63) is 12.3 Å². The van der Waals surface area contributed by atoms with Gasteiger partial charge in [0.05, 0.1) is 0 Å². The molecule has 2 rings (SSSR count). The van der Waals surface area contributed by atoms with Gasteiger partial charge in [-0.3, -0.25) is 4.68 Å². The summed E-state index contributed by atoms with van der Waals surface area (Å²) >= 11 is 0. The van der Waals surface area contributed by atoms with Crippen LogP contribution in [-0.4, -0.2) is 29.4 Å². The minimum atomic E-state index is 0.655. The summed E-state index contributed by atoms with van der Waals surface area (Å²) in [7, 11) is 1.94. The number of hydrogen-bond donors (Lipinski definition) is 1. The van der Waals surface area contributed by atoms with Crippen molar-refractivity contribution in [1.82, 2.24) is 9.78 Å². The van der Waals surface area contributed by atoms with Crippen LogP contribution in [0.1, 0.15) is 6.42 Å². The Kier molecular flexibility index (Phi) is 2.22. The predicted octanol–water partition coefficient (Wildman–Crippen LogP) is 0.205. The first-order valence-corrected chi connectivity index (χ1v) is 4.74. The number of rotatable bonds is 2. The average Bonchev–Trinajstić information content (AvgIpc) is 2.71. The first-order chi connectivity index (χ1) is 6.29. The van der Waals surface area contributed by atoms with E-state index in [0.717, 1.165) is 25.5 Å². The van der Waals surface area contributed by atoms with Gasteiger partial charge in [-0.2, -0.15) is 5.10 Å². The van der Waals surface area contributed by atoms with Crippen molar-refractivity contribution >= 4 is 5.82 Å². The molecule has 1 saturated heterocycles. The number of anilines is 1. The zero-order chi connectivity index (χ0) is 9.26. The molecule has 1 aromatic rings. The molecular weight excluding hydrogens is 164 g/mol. The maximum absolute atomic E-state index is 5.63. The molecule has 1 aliphatic heterocycles. The third-order valence-corrected chi connectivity index (χ3v) is 2.64. The van der Waals surface area contributed by atoms with Gasteiger partial charge in [-0.05, 0) is 18.9 Å². The van der Waals surface area contributed by atoms with Gasteiger partial charge < -0.3 is 10.6 Å². The minimum absolute atomic E-state index is 0.655. The maximum Gasteiger partial charge on any atom is 0.150 e. The second kappa shape index (κ2) is 3.38. The Hall–Kier alpha value is -1.03. The molecule has 1 atom stereocenters. The van der Waals surface area contributed by atoms with E-state index in [1.54, 1.807) is 0 Å². The van der Waals surface area contributed by atoms with Gasteiger partial charge in [0.25, 0.3) is 0 Å². The Morgan fingerprint density at radius 2 is 2.54 bits per heavy atom. The number of nitrogens with two attached hydrogens (primary N) is 1. The highest BCUT2D eigenvalue weighted by Gasteiger charge is 2.22. The van der Waals surface area contributed by atoms with Crippen LogP contribution in [0.5, 0.6) is 0 Å². The normalized spacial score (nSPS) is 22.6.